The third kappa shape index (κ3) is 3.83. The molecule has 0 bridgehead atoms. The Balaban J connectivity index is 5.47. The Hall–Kier alpha value is 0.660. The van der Waals surface area contributed by atoms with Crippen molar-refractivity contribution < 1.29 is 14.1 Å². The van der Waals surface area contributed by atoms with Gasteiger partial charge in [-0.2, -0.15) is 0 Å². The summed E-state index contributed by atoms with van der Waals surface area (Å²) in [4.78, 5) is 12.2. The second-order valence-corrected chi connectivity index (χ2v) is 14.8. The van der Waals surface area contributed by atoms with Gasteiger partial charge in [0.15, 0.2) is 0 Å². The third-order valence-electron chi connectivity index (χ3n) is 2.62. The van der Waals surface area contributed by atoms with E-state index in [1.807, 2.05) is 27.7 Å². The normalized spacial score (nSPS) is 14.2. The first kappa shape index (κ1) is 18.7. The predicted molar refractivity (Wildman–Crippen MR) is 84.3 cm³/mol. The highest BCUT2D eigenvalue weighted by Gasteiger charge is 2.55. The van der Waals surface area contributed by atoms with Gasteiger partial charge < -0.3 is 9.30 Å². The zero-order valence-corrected chi connectivity index (χ0v) is 16.1. The number of rotatable bonds is 4. The van der Waals surface area contributed by atoms with Crippen LogP contribution in [0.25, 0.3) is 0 Å². The molecule has 0 aromatic heterocycles. The highest BCUT2D eigenvalue weighted by Crippen LogP contribution is 2.70. The first-order chi connectivity index (χ1) is 7.76. The van der Waals surface area contributed by atoms with Crippen LogP contribution in [0.3, 0.4) is 0 Å². The van der Waals surface area contributed by atoms with Gasteiger partial charge in [-0.25, -0.2) is 4.79 Å². The zero-order chi connectivity index (χ0) is 14.9. The molecule has 0 fully saturated rings. The Morgan fingerprint density at radius 3 is 1.61 bits per heavy atom. The Kier molecular flexibility index (Phi) is 6.19. The van der Waals surface area contributed by atoms with E-state index in [9.17, 15) is 9.36 Å². The van der Waals surface area contributed by atoms with Gasteiger partial charge in [-0.3, -0.25) is 0 Å². The molecule has 3 nitrogen and oxygen atoms in total. The fraction of sp³-hybridized carbons (Fsp3) is 0.917. The van der Waals surface area contributed by atoms with E-state index in [-0.39, 0.29) is 11.3 Å². The molecule has 0 atom stereocenters. The summed E-state index contributed by atoms with van der Waals surface area (Å²) in [7, 11) is -2.85. The maximum atomic E-state index is 13.2. The van der Waals surface area contributed by atoms with Crippen molar-refractivity contribution >= 4 is 45.0 Å². The van der Waals surface area contributed by atoms with E-state index in [2.05, 4.69) is 31.9 Å². The van der Waals surface area contributed by atoms with Crippen molar-refractivity contribution in [2.45, 2.75) is 68.4 Å². The van der Waals surface area contributed by atoms with E-state index in [1.165, 1.54) is 0 Å². The second-order valence-electron chi connectivity index (χ2n) is 5.94. The van der Waals surface area contributed by atoms with E-state index >= 15 is 0 Å². The lowest BCUT2D eigenvalue weighted by atomic mass is 10.2. The smallest absolute Gasteiger partial charge is 0.342 e. The molecule has 0 amide bonds. The van der Waals surface area contributed by atoms with Gasteiger partial charge in [0.1, 0.15) is 12.7 Å². The molecule has 0 aliphatic carbocycles. The lowest BCUT2D eigenvalue weighted by molar-refractivity contribution is -0.152. The molecule has 0 aromatic carbocycles. The maximum Gasteiger partial charge on any atom is 0.342 e. The number of ether oxygens (including phenoxy) is 1. The molecule has 6 heteroatoms. The zero-order valence-electron chi connectivity index (χ0n) is 12.1. The van der Waals surface area contributed by atoms with Crippen molar-refractivity contribution in [3.63, 3.8) is 0 Å². The van der Waals surface area contributed by atoms with E-state index < -0.39 is 21.7 Å². The van der Waals surface area contributed by atoms with Crippen LogP contribution in [0, 0.1) is 0 Å². The van der Waals surface area contributed by atoms with Crippen molar-refractivity contribution in [1.29, 1.82) is 0 Å². The monoisotopic (exact) mass is 404 g/mol. The Morgan fingerprint density at radius 1 is 1.06 bits per heavy atom. The summed E-state index contributed by atoms with van der Waals surface area (Å²) in [5.74, 6) is -0.527. The molecular weight excluding hydrogens is 383 g/mol. The third-order valence-corrected chi connectivity index (χ3v) is 10.7. The van der Waals surface area contributed by atoms with Crippen LogP contribution >= 0.6 is 39.0 Å². The number of halogens is 2. The van der Waals surface area contributed by atoms with Gasteiger partial charge in [0.05, 0.1) is 0 Å². The average molecular weight is 406 g/mol. The molecule has 0 N–H and O–H groups in total. The number of carbonyl (C=O) groups excluding carboxylic acids is 1. The van der Waals surface area contributed by atoms with Crippen LogP contribution in [0.1, 0.15) is 48.5 Å². The van der Waals surface area contributed by atoms with Crippen LogP contribution in [-0.2, 0) is 14.1 Å². The summed E-state index contributed by atoms with van der Waals surface area (Å²) >= 11 is 6.61. The van der Waals surface area contributed by atoms with E-state index in [1.54, 1.807) is 20.8 Å². The Morgan fingerprint density at radius 2 is 1.39 bits per heavy atom. The van der Waals surface area contributed by atoms with Gasteiger partial charge in [0.25, 0.3) is 0 Å². The molecule has 0 saturated carbocycles. The van der Waals surface area contributed by atoms with Gasteiger partial charge in [-0.05, 0) is 20.8 Å². The van der Waals surface area contributed by atoms with Crippen LogP contribution < -0.4 is 0 Å². The Labute approximate surface area is 127 Å². The number of hydrogen-bond acceptors (Lipinski definition) is 3. The molecule has 0 aromatic rings. The van der Waals surface area contributed by atoms with Gasteiger partial charge in [-0.1, -0.05) is 59.6 Å². The molecule has 0 radical (unpaired) electrons. The quantitative estimate of drug-likeness (QED) is 0.377. The minimum atomic E-state index is -2.85. The standard InChI is InChI=1S/C12H23Br2O3P/c1-8(2)18(16,9(3)4)12(13,14)10(15)17-11(5,6)7/h8-9H,1-7H3. The average Bonchev–Trinajstić information content (AvgIpc) is 2.12. The van der Waals surface area contributed by atoms with E-state index in [4.69, 9.17) is 4.74 Å². The molecule has 0 aliphatic heterocycles. The van der Waals surface area contributed by atoms with Crippen LogP contribution in [0.5, 0.6) is 0 Å². The molecule has 0 spiro atoms. The second kappa shape index (κ2) is 5.97. The fourth-order valence-corrected chi connectivity index (χ4v) is 9.62. The van der Waals surface area contributed by atoms with Crippen LogP contribution in [0.15, 0.2) is 0 Å². The predicted octanol–water partition coefficient (Wildman–Crippen LogP) is 4.95. The van der Waals surface area contributed by atoms with Crippen molar-refractivity contribution in [2.75, 3.05) is 0 Å². The molecular formula is C12H23Br2O3P. The SMILES string of the molecule is CC(C)P(=O)(C(C)C)C(Br)(Br)C(=O)OC(C)(C)C. The van der Waals surface area contributed by atoms with Gasteiger partial charge in [0.2, 0.25) is 2.97 Å². The summed E-state index contributed by atoms with van der Waals surface area (Å²) in [5, 5.41) is 0. The van der Waals surface area contributed by atoms with E-state index in [0.29, 0.717) is 0 Å². The topological polar surface area (TPSA) is 43.4 Å². The maximum absolute atomic E-state index is 13.2. The lowest BCUT2D eigenvalue weighted by Gasteiger charge is -2.36. The van der Waals surface area contributed by atoms with Crippen LogP contribution in [-0.4, -0.2) is 25.9 Å². The number of hydrogen-bond donors (Lipinski definition) is 0. The number of esters is 1. The van der Waals surface area contributed by atoms with Crippen molar-refractivity contribution in [1.82, 2.24) is 0 Å². The summed E-state index contributed by atoms with van der Waals surface area (Å²) in [5.41, 5.74) is -0.851. The highest BCUT2D eigenvalue weighted by molar-refractivity contribution is 9.27. The summed E-state index contributed by atoms with van der Waals surface area (Å²) in [6, 6.07) is 0. The minimum Gasteiger partial charge on any atom is -0.458 e. The number of carbonyl (C=O) groups is 1. The molecule has 18 heavy (non-hydrogen) atoms. The largest absolute Gasteiger partial charge is 0.458 e. The lowest BCUT2D eigenvalue weighted by Crippen LogP contribution is -2.37. The molecule has 0 heterocycles. The van der Waals surface area contributed by atoms with Crippen LogP contribution in [0.2, 0.25) is 0 Å². The molecule has 0 saturated heterocycles. The van der Waals surface area contributed by atoms with Gasteiger partial charge in [0, 0.05) is 11.3 Å². The molecule has 0 aliphatic rings. The first-order valence-corrected chi connectivity index (χ1v) is 9.40. The molecule has 0 unspecified atom stereocenters. The number of alkyl halides is 2. The summed E-state index contributed by atoms with van der Waals surface area (Å²) in [6.45, 7) is 12.8. The van der Waals surface area contributed by atoms with Crippen LogP contribution in [0.4, 0.5) is 0 Å². The molecule has 108 valence electrons. The van der Waals surface area contributed by atoms with Crippen molar-refractivity contribution in [2.24, 2.45) is 0 Å². The van der Waals surface area contributed by atoms with E-state index in [0.717, 1.165) is 0 Å². The first-order valence-electron chi connectivity index (χ1n) is 5.97. The van der Waals surface area contributed by atoms with Crippen molar-refractivity contribution in [3.8, 4) is 0 Å². The summed E-state index contributed by atoms with van der Waals surface area (Å²) < 4.78 is 17.2. The fourth-order valence-electron chi connectivity index (χ4n) is 1.73. The summed E-state index contributed by atoms with van der Waals surface area (Å²) in [6.07, 6.45) is 0. The van der Waals surface area contributed by atoms with Crippen molar-refractivity contribution in [3.05, 3.63) is 0 Å². The Bertz CT molecular complexity index is 345. The highest BCUT2D eigenvalue weighted by atomic mass is 79.9. The molecule has 0 rings (SSSR count). The van der Waals surface area contributed by atoms with Gasteiger partial charge in [-0.15, -0.1) is 0 Å². The van der Waals surface area contributed by atoms with Gasteiger partial charge >= 0.3 is 5.97 Å². The minimum absolute atomic E-state index is 0.122.